The highest BCUT2D eigenvalue weighted by atomic mass is 32.1. The van der Waals surface area contributed by atoms with Crippen LogP contribution in [0.2, 0.25) is 0 Å². The number of ether oxygens (including phenoxy) is 1. The molecule has 0 radical (unpaired) electrons. The van der Waals surface area contributed by atoms with Gasteiger partial charge >= 0.3 is 0 Å². The van der Waals surface area contributed by atoms with Crippen molar-refractivity contribution in [1.29, 1.82) is 0 Å². The Morgan fingerprint density at radius 2 is 2.16 bits per heavy atom. The summed E-state index contributed by atoms with van der Waals surface area (Å²) in [4.78, 5) is 18.9. The van der Waals surface area contributed by atoms with E-state index in [1.54, 1.807) is 11.3 Å². The van der Waals surface area contributed by atoms with Crippen LogP contribution in [0.15, 0.2) is 35.8 Å². The lowest BCUT2D eigenvalue weighted by Crippen LogP contribution is -2.44. The number of nitrogens with one attached hydrogen (secondary N) is 1. The van der Waals surface area contributed by atoms with Gasteiger partial charge in [0.05, 0.1) is 6.61 Å². The van der Waals surface area contributed by atoms with E-state index in [0.717, 1.165) is 42.4 Å². The van der Waals surface area contributed by atoms with Gasteiger partial charge in [-0.2, -0.15) is 0 Å². The third kappa shape index (κ3) is 4.95. The van der Waals surface area contributed by atoms with Gasteiger partial charge in [-0.1, -0.05) is 18.2 Å². The van der Waals surface area contributed by atoms with Gasteiger partial charge in [-0.15, -0.1) is 11.3 Å². The SMILES string of the molecule is CCOc1ccccc1CCC(=O)NC1CCN(c2nccs2)CC1. The van der Waals surface area contributed by atoms with Crippen LogP contribution < -0.4 is 15.0 Å². The summed E-state index contributed by atoms with van der Waals surface area (Å²) in [5.74, 6) is 1.01. The summed E-state index contributed by atoms with van der Waals surface area (Å²) >= 11 is 1.67. The maximum atomic E-state index is 12.3. The molecule has 0 saturated carbocycles. The number of amides is 1. The first kappa shape index (κ1) is 17.7. The fourth-order valence-corrected chi connectivity index (χ4v) is 3.84. The Bertz CT molecular complexity index is 667. The van der Waals surface area contributed by atoms with E-state index >= 15 is 0 Å². The molecule has 1 aliphatic heterocycles. The highest BCUT2D eigenvalue weighted by molar-refractivity contribution is 7.13. The van der Waals surface area contributed by atoms with Crippen molar-refractivity contribution in [2.75, 3.05) is 24.6 Å². The molecule has 1 saturated heterocycles. The van der Waals surface area contributed by atoms with Gasteiger partial charge in [0.2, 0.25) is 5.91 Å². The molecule has 3 rings (SSSR count). The second-order valence-corrected chi connectivity index (χ2v) is 7.06. The molecule has 0 bridgehead atoms. The first-order chi connectivity index (χ1) is 12.3. The zero-order chi connectivity index (χ0) is 17.5. The van der Waals surface area contributed by atoms with Crippen molar-refractivity contribution < 1.29 is 9.53 Å². The normalized spacial score (nSPS) is 15.2. The van der Waals surface area contributed by atoms with Crippen LogP contribution >= 0.6 is 11.3 Å². The Morgan fingerprint density at radius 3 is 2.88 bits per heavy atom. The van der Waals surface area contributed by atoms with Gasteiger partial charge in [-0.25, -0.2) is 4.98 Å². The Kier molecular flexibility index (Phi) is 6.28. The molecule has 5 nitrogen and oxygen atoms in total. The molecule has 0 atom stereocenters. The van der Waals surface area contributed by atoms with E-state index in [1.807, 2.05) is 42.8 Å². The van der Waals surface area contributed by atoms with Crippen LogP contribution in [-0.2, 0) is 11.2 Å². The van der Waals surface area contributed by atoms with E-state index in [-0.39, 0.29) is 11.9 Å². The number of aryl methyl sites for hydroxylation is 1. The Labute approximate surface area is 153 Å². The maximum Gasteiger partial charge on any atom is 0.220 e. The molecule has 1 aromatic heterocycles. The van der Waals surface area contributed by atoms with Crippen molar-refractivity contribution in [3.8, 4) is 5.75 Å². The minimum atomic E-state index is 0.124. The number of hydrogen-bond acceptors (Lipinski definition) is 5. The third-order valence-electron chi connectivity index (χ3n) is 4.44. The molecule has 2 heterocycles. The number of para-hydroxylation sites is 1. The number of thiazole rings is 1. The first-order valence-corrected chi connectivity index (χ1v) is 9.78. The van der Waals surface area contributed by atoms with Crippen molar-refractivity contribution in [1.82, 2.24) is 10.3 Å². The second kappa shape index (κ2) is 8.85. The number of carbonyl (C=O) groups excluding carboxylic acids is 1. The van der Waals surface area contributed by atoms with Crippen molar-refractivity contribution in [2.24, 2.45) is 0 Å². The summed E-state index contributed by atoms with van der Waals surface area (Å²) in [5, 5.41) is 6.27. The van der Waals surface area contributed by atoms with Crippen LogP contribution in [-0.4, -0.2) is 36.6 Å². The van der Waals surface area contributed by atoms with Crippen LogP contribution in [0.5, 0.6) is 5.75 Å². The van der Waals surface area contributed by atoms with E-state index in [2.05, 4.69) is 15.2 Å². The van der Waals surface area contributed by atoms with Gasteiger partial charge in [-0.05, 0) is 37.8 Å². The molecule has 1 aromatic carbocycles. The summed E-state index contributed by atoms with van der Waals surface area (Å²) in [6, 6.07) is 8.22. The van der Waals surface area contributed by atoms with E-state index in [1.165, 1.54) is 0 Å². The molecule has 134 valence electrons. The molecule has 0 unspecified atom stereocenters. The van der Waals surface area contributed by atoms with Crippen molar-refractivity contribution in [3.63, 3.8) is 0 Å². The second-order valence-electron chi connectivity index (χ2n) is 6.18. The first-order valence-electron chi connectivity index (χ1n) is 8.90. The van der Waals surface area contributed by atoms with Crippen LogP contribution in [0.4, 0.5) is 5.13 Å². The highest BCUT2D eigenvalue weighted by Crippen LogP contribution is 2.22. The largest absolute Gasteiger partial charge is 0.494 e. The smallest absolute Gasteiger partial charge is 0.220 e. The van der Waals surface area contributed by atoms with E-state index in [9.17, 15) is 4.79 Å². The number of hydrogen-bond donors (Lipinski definition) is 1. The van der Waals surface area contributed by atoms with Crippen molar-refractivity contribution in [3.05, 3.63) is 41.4 Å². The van der Waals surface area contributed by atoms with Crippen LogP contribution in [0.25, 0.3) is 0 Å². The topological polar surface area (TPSA) is 54.5 Å². The van der Waals surface area contributed by atoms with E-state index in [4.69, 9.17) is 4.74 Å². The molecule has 2 aromatic rings. The average molecular weight is 359 g/mol. The summed E-state index contributed by atoms with van der Waals surface area (Å²) < 4.78 is 5.62. The van der Waals surface area contributed by atoms with E-state index < -0.39 is 0 Å². The molecule has 1 aliphatic rings. The minimum Gasteiger partial charge on any atom is -0.494 e. The van der Waals surface area contributed by atoms with Crippen LogP contribution in [0.3, 0.4) is 0 Å². The number of piperidine rings is 1. The molecular weight excluding hydrogens is 334 g/mol. The zero-order valence-electron chi connectivity index (χ0n) is 14.6. The van der Waals surface area contributed by atoms with Crippen LogP contribution in [0.1, 0.15) is 31.7 Å². The number of nitrogens with zero attached hydrogens (tertiary/aromatic N) is 2. The average Bonchev–Trinajstić information content (AvgIpc) is 3.17. The number of benzene rings is 1. The standard InChI is InChI=1S/C19H25N3O2S/c1-2-24-17-6-4-3-5-15(17)7-8-18(23)21-16-9-12-22(13-10-16)19-20-11-14-25-19/h3-6,11,14,16H,2,7-10,12-13H2,1H3,(H,21,23). The molecule has 6 heteroatoms. The lowest BCUT2D eigenvalue weighted by Gasteiger charge is -2.32. The number of rotatable bonds is 7. The summed E-state index contributed by atoms with van der Waals surface area (Å²) in [6.07, 6.45) is 4.99. The Balaban J connectivity index is 1.43. The minimum absolute atomic E-state index is 0.124. The number of anilines is 1. The fraction of sp³-hybridized carbons (Fsp3) is 0.474. The quantitative estimate of drug-likeness (QED) is 0.824. The molecule has 0 spiro atoms. The highest BCUT2D eigenvalue weighted by Gasteiger charge is 2.22. The van der Waals surface area contributed by atoms with Crippen LogP contribution in [0, 0.1) is 0 Å². The molecule has 1 N–H and O–H groups in total. The fourth-order valence-electron chi connectivity index (χ4n) is 3.14. The lowest BCUT2D eigenvalue weighted by molar-refractivity contribution is -0.121. The number of carbonyl (C=O) groups is 1. The molecule has 25 heavy (non-hydrogen) atoms. The zero-order valence-corrected chi connectivity index (χ0v) is 15.4. The molecular formula is C19H25N3O2S. The Hall–Kier alpha value is -2.08. The summed E-state index contributed by atoms with van der Waals surface area (Å²) in [5.41, 5.74) is 1.10. The molecule has 1 fully saturated rings. The van der Waals surface area contributed by atoms with Crippen molar-refractivity contribution >= 4 is 22.4 Å². The van der Waals surface area contributed by atoms with Gasteiger partial charge in [0.25, 0.3) is 0 Å². The van der Waals surface area contributed by atoms with E-state index in [0.29, 0.717) is 19.4 Å². The Morgan fingerprint density at radius 1 is 1.36 bits per heavy atom. The van der Waals surface area contributed by atoms with Gasteiger partial charge in [0, 0.05) is 37.1 Å². The summed E-state index contributed by atoms with van der Waals surface area (Å²) in [6.45, 7) is 4.51. The maximum absolute atomic E-state index is 12.3. The predicted octanol–water partition coefficient (Wildman–Crippen LogP) is 3.26. The predicted molar refractivity (Wildman–Crippen MR) is 101 cm³/mol. The lowest BCUT2D eigenvalue weighted by atomic mass is 10.0. The van der Waals surface area contributed by atoms with Gasteiger partial charge in [-0.3, -0.25) is 4.79 Å². The third-order valence-corrected chi connectivity index (χ3v) is 5.28. The van der Waals surface area contributed by atoms with Gasteiger partial charge < -0.3 is 15.0 Å². The number of aromatic nitrogens is 1. The van der Waals surface area contributed by atoms with Crippen molar-refractivity contribution in [2.45, 2.75) is 38.6 Å². The monoisotopic (exact) mass is 359 g/mol. The molecule has 1 amide bonds. The van der Waals surface area contributed by atoms with Gasteiger partial charge in [0.1, 0.15) is 5.75 Å². The molecule has 0 aliphatic carbocycles. The van der Waals surface area contributed by atoms with Gasteiger partial charge in [0.15, 0.2) is 5.13 Å². The summed E-state index contributed by atoms with van der Waals surface area (Å²) in [7, 11) is 0.